The lowest BCUT2D eigenvalue weighted by Crippen LogP contribution is -1.97. The van der Waals surface area contributed by atoms with Crippen molar-refractivity contribution < 1.29 is 5.11 Å². The number of aromatic hydroxyl groups is 1. The number of benzene rings is 1. The number of nitrogens with zero attached hydrogens (tertiary/aromatic N) is 1. The highest BCUT2D eigenvalue weighted by atomic mass is 16.3. The first-order chi connectivity index (χ1) is 8.24. The number of rotatable bonds is 1. The van der Waals surface area contributed by atoms with E-state index in [9.17, 15) is 5.11 Å². The summed E-state index contributed by atoms with van der Waals surface area (Å²) in [6.07, 6.45) is 4.85. The van der Waals surface area contributed by atoms with E-state index in [0.717, 1.165) is 29.4 Å². The van der Waals surface area contributed by atoms with Crippen molar-refractivity contribution in [3.05, 3.63) is 35.5 Å². The van der Waals surface area contributed by atoms with Crippen LogP contribution in [0.2, 0.25) is 0 Å². The van der Waals surface area contributed by atoms with Crippen molar-refractivity contribution >= 4 is 10.9 Å². The molecule has 1 fully saturated rings. The van der Waals surface area contributed by atoms with Gasteiger partial charge in [0.15, 0.2) is 0 Å². The summed E-state index contributed by atoms with van der Waals surface area (Å²) in [7, 11) is 0. The Hall–Kier alpha value is -1.57. The molecule has 2 aromatic rings. The van der Waals surface area contributed by atoms with Gasteiger partial charge in [-0.15, -0.1) is 0 Å². The molecule has 0 spiro atoms. The van der Waals surface area contributed by atoms with E-state index in [2.05, 4.69) is 24.0 Å². The Kier molecular flexibility index (Phi) is 2.50. The maximum atomic E-state index is 10.1. The highest BCUT2D eigenvalue weighted by molar-refractivity contribution is 5.81. The summed E-state index contributed by atoms with van der Waals surface area (Å²) in [5, 5.41) is 11.1. The SMILES string of the molecule is Cc1ccc2nc(C3CCCC3)c(O)cc2c1. The summed E-state index contributed by atoms with van der Waals surface area (Å²) < 4.78 is 0. The Morgan fingerprint density at radius 3 is 2.71 bits per heavy atom. The van der Waals surface area contributed by atoms with E-state index >= 15 is 0 Å². The maximum absolute atomic E-state index is 10.1. The summed E-state index contributed by atoms with van der Waals surface area (Å²) in [6.45, 7) is 2.06. The molecule has 17 heavy (non-hydrogen) atoms. The van der Waals surface area contributed by atoms with Gasteiger partial charge in [0.1, 0.15) is 5.75 Å². The van der Waals surface area contributed by atoms with Crippen molar-refractivity contribution in [2.24, 2.45) is 0 Å². The van der Waals surface area contributed by atoms with Crippen LogP contribution in [0.25, 0.3) is 10.9 Å². The standard InChI is InChI=1S/C15H17NO/c1-10-6-7-13-12(8-10)9-14(17)15(16-13)11-4-2-3-5-11/h6-9,11,17H,2-5H2,1H3. The molecule has 0 atom stereocenters. The molecule has 0 unspecified atom stereocenters. The van der Waals surface area contributed by atoms with Gasteiger partial charge in [-0.05, 0) is 38.0 Å². The molecule has 0 bridgehead atoms. The average Bonchev–Trinajstić information content (AvgIpc) is 2.81. The summed E-state index contributed by atoms with van der Waals surface area (Å²) in [6, 6.07) is 8.05. The number of fused-ring (bicyclic) bond motifs is 1. The zero-order chi connectivity index (χ0) is 11.8. The van der Waals surface area contributed by atoms with Gasteiger partial charge in [0.25, 0.3) is 0 Å². The van der Waals surface area contributed by atoms with Gasteiger partial charge in [-0.1, -0.05) is 24.5 Å². The Bertz CT molecular complexity index is 556. The number of aryl methyl sites for hydroxylation is 1. The molecule has 1 aromatic carbocycles. The lowest BCUT2D eigenvalue weighted by Gasteiger charge is -2.12. The van der Waals surface area contributed by atoms with E-state index in [-0.39, 0.29) is 0 Å². The van der Waals surface area contributed by atoms with Crippen LogP contribution in [0.1, 0.15) is 42.9 Å². The Balaban J connectivity index is 2.13. The van der Waals surface area contributed by atoms with Gasteiger partial charge in [-0.3, -0.25) is 0 Å². The minimum absolute atomic E-state index is 0.370. The van der Waals surface area contributed by atoms with E-state index in [1.54, 1.807) is 0 Å². The highest BCUT2D eigenvalue weighted by Gasteiger charge is 2.21. The Morgan fingerprint density at radius 1 is 1.18 bits per heavy atom. The average molecular weight is 227 g/mol. The van der Waals surface area contributed by atoms with Gasteiger partial charge in [0, 0.05) is 11.3 Å². The second-order valence-electron chi connectivity index (χ2n) is 5.07. The molecule has 2 heteroatoms. The van der Waals surface area contributed by atoms with Crippen LogP contribution in [0.3, 0.4) is 0 Å². The normalized spacial score (nSPS) is 16.8. The number of aromatic nitrogens is 1. The topological polar surface area (TPSA) is 33.1 Å². The predicted octanol–water partition coefficient (Wildman–Crippen LogP) is 3.91. The molecule has 1 aliphatic rings. The zero-order valence-electron chi connectivity index (χ0n) is 10.1. The summed E-state index contributed by atoms with van der Waals surface area (Å²) in [5.41, 5.74) is 3.10. The smallest absolute Gasteiger partial charge is 0.138 e. The number of hydrogen-bond donors (Lipinski definition) is 1. The van der Waals surface area contributed by atoms with Crippen molar-refractivity contribution in [2.45, 2.75) is 38.5 Å². The number of hydrogen-bond acceptors (Lipinski definition) is 2. The molecule has 0 saturated heterocycles. The molecule has 1 N–H and O–H groups in total. The van der Waals surface area contributed by atoms with Crippen molar-refractivity contribution in [3.8, 4) is 5.75 Å². The highest BCUT2D eigenvalue weighted by Crippen LogP contribution is 2.38. The minimum Gasteiger partial charge on any atom is -0.506 e. The molecule has 0 amide bonds. The second-order valence-corrected chi connectivity index (χ2v) is 5.07. The van der Waals surface area contributed by atoms with Crippen LogP contribution in [0.4, 0.5) is 0 Å². The van der Waals surface area contributed by atoms with E-state index in [0.29, 0.717) is 11.7 Å². The van der Waals surface area contributed by atoms with Crippen LogP contribution in [0.15, 0.2) is 24.3 Å². The first-order valence-corrected chi connectivity index (χ1v) is 6.34. The Labute approximate surface area is 101 Å². The van der Waals surface area contributed by atoms with Gasteiger partial charge < -0.3 is 5.11 Å². The zero-order valence-corrected chi connectivity index (χ0v) is 10.1. The third kappa shape index (κ3) is 1.88. The van der Waals surface area contributed by atoms with E-state index in [1.807, 2.05) is 12.1 Å². The Morgan fingerprint density at radius 2 is 1.94 bits per heavy atom. The molecule has 1 heterocycles. The van der Waals surface area contributed by atoms with Crippen molar-refractivity contribution in [1.29, 1.82) is 0 Å². The van der Waals surface area contributed by atoms with Gasteiger partial charge >= 0.3 is 0 Å². The van der Waals surface area contributed by atoms with Crippen LogP contribution in [0, 0.1) is 6.92 Å². The molecule has 0 radical (unpaired) electrons. The summed E-state index contributed by atoms with van der Waals surface area (Å²) >= 11 is 0. The monoisotopic (exact) mass is 227 g/mol. The molecule has 0 aliphatic heterocycles. The third-order valence-corrected chi connectivity index (χ3v) is 3.72. The molecule has 1 aliphatic carbocycles. The van der Waals surface area contributed by atoms with Crippen LogP contribution < -0.4 is 0 Å². The van der Waals surface area contributed by atoms with Crippen molar-refractivity contribution in [3.63, 3.8) is 0 Å². The molecule has 1 saturated carbocycles. The van der Waals surface area contributed by atoms with E-state index in [1.165, 1.54) is 18.4 Å². The van der Waals surface area contributed by atoms with Gasteiger partial charge in [0.2, 0.25) is 0 Å². The molecule has 1 aromatic heterocycles. The lowest BCUT2D eigenvalue weighted by atomic mass is 10.0. The second kappa shape index (κ2) is 4.02. The first kappa shape index (κ1) is 10.6. The maximum Gasteiger partial charge on any atom is 0.138 e. The van der Waals surface area contributed by atoms with Gasteiger partial charge in [-0.2, -0.15) is 0 Å². The molecular weight excluding hydrogens is 210 g/mol. The van der Waals surface area contributed by atoms with E-state index < -0.39 is 0 Å². The first-order valence-electron chi connectivity index (χ1n) is 6.34. The van der Waals surface area contributed by atoms with Gasteiger partial charge in [-0.25, -0.2) is 4.98 Å². The molecular formula is C15H17NO. The van der Waals surface area contributed by atoms with E-state index in [4.69, 9.17) is 0 Å². The molecule has 88 valence electrons. The largest absolute Gasteiger partial charge is 0.506 e. The van der Waals surface area contributed by atoms with Crippen molar-refractivity contribution in [1.82, 2.24) is 4.98 Å². The van der Waals surface area contributed by atoms with Crippen LogP contribution in [0.5, 0.6) is 5.75 Å². The molecule has 3 rings (SSSR count). The summed E-state index contributed by atoms with van der Waals surface area (Å²) in [4.78, 5) is 4.65. The predicted molar refractivity (Wildman–Crippen MR) is 69.4 cm³/mol. The van der Waals surface area contributed by atoms with Crippen LogP contribution >= 0.6 is 0 Å². The lowest BCUT2D eigenvalue weighted by molar-refractivity contribution is 0.457. The van der Waals surface area contributed by atoms with Crippen LogP contribution in [-0.4, -0.2) is 10.1 Å². The minimum atomic E-state index is 0.370. The van der Waals surface area contributed by atoms with Gasteiger partial charge in [0.05, 0.1) is 11.2 Å². The fourth-order valence-electron chi connectivity index (χ4n) is 2.80. The van der Waals surface area contributed by atoms with Crippen molar-refractivity contribution in [2.75, 3.05) is 0 Å². The fraction of sp³-hybridized carbons (Fsp3) is 0.400. The quantitative estimate of drug-likeness (QED) is 0.801. The van der Waals surface area contributed by atoms with Crippen LogP contribution in [-0.2, 0) is 0 Å². The molecule has 2 nitrogen and oxygen atoms in total. The summed E-state index contributed by atoms with van der Waals surface area (Å²) in [5.74, 6) is 0.829. The fourth-order valence-corrected chi connectivity index (χ4v) is 2.80. The third-order valence-electron chi connectivity index (χ3n) is 3.72. The number of pyridine rings is 1.